The fourth-order valence-electron chi connectivity index (χ4n) is 2.95. The normalized spacial score (nSPS) is 9.79. The van der Waals surface area contributed by atoms with Gasteiger partial charge in [-0.3, -0.25) is 0 Å². The third-order valence-corrected chi connectivity index (χ3v) is 4.63. The fraction of sp³-hybridized carbons (Fsp3) is 0.214. The second-order valence-corrected chi connectivity index (χ2v) is 7.10. The third kappa shape index (κ3) is 6.19. The Balaban J connectivity index is 1.65. The molecule has 0 aliphatic heterocycles. The molecule has 0 amide bonds. The van der Waals surface area contributed by atoms with Gasteiger partial charge in [0.15, 0.2) is 0 Å². The van der Waals surface area contributed by atoms with E-state index in [-0.39, 0.29) is 0 Å². The maximum atomic E-state index is 3.29. The van der Waals surface area contributed by atoms with Gasteiger partial charge in [0.2, 0.25) is 0 Å². The van der Waals surface area contributed by atoms with E-state index in [1.54, 1.807) is 0 Å². The van der Waals surface area contributed by atoms with Gasteiger partial charge in [0.25, 0.3) is 0 Å². The Morgan fingerprint density at radius 2 is 1.14 bits per heavy atom. The highest BCUT2D eigenvalue weighted by molar-refractivity contribution is 5.48. The summed E-state index contributed by atoms with van der Waals surface area (Å²) in [6.45, 7) is 4.32. The van der Waals surface area contributed by atoms with Crippen LogP contribution in [0.25, 0.3) is 0 Å². The van der Waals surface area contributed by atoms with Gasteiger partial charge in [-0.05, 0) is 73.9 Å². The summed E-state index contributed by atoms with van der Waals surface area (Å²) >= 11 is 0. The van der Waals surface area contributed by atoms with E-state index in [1.165, 1.54) is 30.4 Å². The third-order valence-electron chi connectivity index (χ3n) is 4.63. The number of rotatable bonds is 4. The van der Waals surface area contributed by atoms with E-state index >= 15 is 0 Å². The van der Waals surface area contributed by atoms with Crippen LogP contribution in [0.5, 0.6) is 0 Å². The fourth-order valence-corrected chi connectivity index (χ4v) is 2.95. The molecule has 0 bridgehead atoms. The Bertz CT molecular complexity index is 1010. The van der Waals surface area contributed by atoms with Crippen molar-refractivity contribution in [3.05, 3.63) is 106 Å². The van der Waals surface area contributed by atoms with E-state index in [4.69, 9.17) is 0 Å². The van der Waals surface area contributed by atoms with Crippen LogP contribution in [0.4, 0.5) is 0 Å². The van der Waals surface area contributed by atoms with Gasteiger partial charge in [-0.25, -0.2) is 0 Å². The summed E-state index contributed by atoms with van der Waals surface area (Å²) in [4.78, 5) is 0. The molecule has 0 saturated carbocycles. The minimum atomic E-state index is 1.00. The molecule has 0 saturated heterocycles. The van der Waals surface area contributed by atoms with E-state index in [1.807, 2.05) is 24.3 Å². The van der Waals surface area contributed by atoms with E-state index in [2.05, 4.69) is 86.1 Å². The molecule has 0 fully saturated rings. The zero-order valence-electron chi connectivity index (χ0n) is 16.8. The first-order valence-electron chi connectivity index (χ1n) is 10.0. The molecule has 28 heavy (non-hydrogen) atoms. The van der Waals surface area contributed by atoms with Crippen LogP contribution < -0.4 is 0 Å². The summed E-state index contributed by atoms with van der Waals surface area (Å²) < 4.78 is 0. The molecule has 0 aromatic heterocycles. The smallest absolute Gasteiger partial charge is 0.0251 e. The molecule has 0 atom stereocenters. The lowest BCUT2D eigenvalue weighted by Gasteiger charge is -2.01. The molecule has 0 heterocycles. The van der Waals surface area contributed by atoms with Crippen molar-refractivity contribution in [1.82, 2.24) is 0 Å². The molecular formula is C28H26. The van der Waals surface area contributed by atoms with Crippen molar-refractivity contribution < 1.29 is 0 Å². The lowest BCUT2D eigenvalue weighted by molar-refractivity contribution is 0.717. The van der Waals surface area contributed by atoms with Crippen molar-refractivity contribution in [2.75, 3.05) is 0 Å². The van der Waals surface area contributed by atoms with Gasteiger partial charge < -0.3 is 0 Å². The molecular weight excluding hydrogens is 336 g/mol. The molecule has 0 N–H and O–H groups in total. The zero-order chi connectivity index (χ0) is 19.6. The lowest BCUT2D eigenvalue weighted by atomic mass is 10.0. The predicted molar refractivity (Wildman–Crippen MR) is 119 cm³/mol. The minimum absolute atomic E-state index is 1.00. The summed E-state index contributed by atoms with van der Waals surface area (Å²) in [5, 5.41) is 0. The van der Waals surface area contributed by atoms with Crippen molar-refractivity contribution in [1.29, 1.82) is 0 Å². The number of hydrogen-bond acceptors (Lipinski definition) is 0. The molecule has 0 unspecified atom stereocenters. The number of unbranched alkanes of at least 4 members (excludes halogenated alkanes) is 2. The van der Waals surface area contributed by atoms with Crippen LogP contribution in [-0.2, 0) is 6.42 Å². The molecule has 138 valence electrons. The van der Waals surface area contributed by atoms with Gasteiger partial charge in [-0.2, -0.15) is 0 Å². The number of benzene rings is 3. The van der Waals surface area contributed by atoms with Gasteiger partial charge in [0.05, 0.1) is 0 Å². The van der Waals surface area contributed by atoms with Crippen molar-refractivity contribution in [3.8, 4) is 23.7 Å². The highest BCUT2D eigenvalue weighted by Gasteiger charge is 1.95. The highest BCUT2D eigenvalue weighted by atomic mass is 14.0. The van der Waals surface area contributed by atoms with Crippen LogP contribution in [-0.4, -0.2) is 0 Å². The molecule has 3 aromatic rings. The molecule has 0 radical (unpaired) electrons. The summed E-state index contributed by atoms with van der Waals surface area (Å²) in [6.07, 6.45) is 4.93. The topological polar surface area (TPSA) is 0 Å². The minimum Gasteiger partial charge on any atom is -0.0654 e. The first-order chi connectivity index (χ1) is 13.7. The molecule has 0 nitrogen and oxygen atoms in total. The molecule has 3 aromatic carbocycles. The first-order valence-corrected chi connectivity index (χ1v) is 10.0. The quantitative estimate of drug-likeness (QED) is 0.366. The second kappa shape index (κ2) is 10.2. The Morgan fingerprint density at radius 3 is 1.71 bits per heavy atom. The van der Waals surface area contributed by atoms with Crippen molar-refractivity contribution >= 4 is 0 Å². The second-order valence-electron chi connectivity index (χ2n) is 7.10. The average Bonchev–Trinajstić information content (AvgIpc) is 2.73. The van der Waals surface area contributed by atoms with E-state index in [0.717, 1.165) is 28.7 Å². The summed E-state index contributed by atoms with van der Waals surface area (Å²) in [6, 6.07) is 25.0. The van der Waals surface area contributed by atoms with Crippen LogP contribution in [0.3, 0.4) is 0 Å². The van der Waals surface area contributed by atoms with Crippen molar-refractivity contribution in [2.45, 2.75) is 39.5 Å². The van der Waals surface area contributed by atoms with Crippen LogP contribution >= 0.6 is 0 Å². The summed E-state index contributed by atoms with van der Waals surface area (Å²) in [5.74, 6) is 13.0. The van der Waals surface area contributed by atoms with E-state index in [0.29, 0.717) is 0 Å². The van der Waals surface area contributed by atoms with Gasteiger partial charge in [-0.15, -0.1) is 0 Å². The Labute approximate surface area is 169 Å². The van der Waals surface area contributed by atoms with Crippen molar-refractivity contribution in [2.24, 2.45) is 0 Å². The largest absolute Gasteiger partial charge is 0.0654 e. The van der Waals surface area contributed by atoms with Gasteiger partial charge >= 0.3 is 0 Å². The van der Waals surface area contributed by atoms with Gasteiger partial charge in [0, 0.05) is 22.3 Å². The SMILES string of the molecule is CCCCCc1cccc(C#Cc2ccc(C#Cc3ccc(C)cc3)cc2)c1. The monoisotopic (exact) mass is 362 g/mol. The molecule has 0 heteroatoms. The lowest BCUT2D eigenvalue weighted by Crippen LogP contribution is -1.86. The van der Waals surface area contributed by atoms with Crippen LogP contribution in [0.1, 0.15) is 59.6 Å². The number of hydrogen-bond donors (Lipinski definition) is 0. The first kappa shape index (κ1) is 19.5. The Kier molecular flexibility index (Phi) is 7.12. The maximum Gasteiger partial charge on any atom is 0.0251 e. The maximum absolute atomic E-state index is 3.29. The summed E-state index contributed by atoms with van der Waals surface area (Å²) in [5.41, 5.74) is 6.76. The highest BCUT2D eigenvalue weighted by Crippen LogP contribution is 2.10. The number of aryl methyl sites for hydroxylation is 2. The predicted octanol–water partition coefficient (Wildman–Crippen LogP) is 6.53. The summed E-state index contributed by atoms with van der Waals surface area (Å²) in [7, 11) is 0. The van der Waals surface area contributed by atoms with Gasteiger partial charge in [0.1, 0.15) is 0 Å². The van der Waals surface area contributed by atoms with Gasteiger partial charge in [-0.1, -0.05) is 73.3 Å². The standard InChI is InChI=1S/C28H26/c1-3-4-5-7-27-8-6-9-28(22-27)21-20-26-18-16-25(17-19-26)15-14-24-12-10-23(2)11-13-24/h6,8-13,16-19,22H,3-5,7H2,1-2H3. The van der Waals surface area contributed by atoms with Crippen molar-refractivity contribution in [3.63, 3.8) is 0 Å². The van der Waals surface area contributed by atoms with Crippen LogP contribution in [0.2, 0.25) is 0 Å². The Morgan fingerprint density at radius 1 is 0.607 bits per heavy atom. The van der Waals surface area contributed by atoms with E-state index in [9.17, 15) is 0 Å². The molecule has 0 aliphatic rings. The Hall–Kier alpha value is -3.22. The van der Waals surface area contributed by atoms with E-state index < -0.39 is 0 Å². The van der Waals surface area contributed by atoms with Crippen LogP contribution in [0, 0.1) is 30.6 Å². The molecule has 0 spiro atoms. The zero-order valence-corrected chi connectivity index (χ0v) is 16.8. The molecule has 3 rings (SSSR count). The average molecular weight is 363 g/mol. The molecule has 0 aliphatic carbocycles. The van der Waals surface area contributed by atoms with Crippen LogP contribution in [0.15, 0.2) is 72.8 Å².